The van der Waals surface area contributed by atoms with Gasteiger partial charge in [0.15, 0.2) is 0 Å². The fraction of sp³-hybridized carbons (Fsp3) is 0.136. The van der Waals surface area contributed by atoms with Crippen LogP contribution in [0.1, 0.15) is 11.1 Å². The van der Waals surface area contributed by atoms with Gasteiger partial charge < -0.3 is 14.4 Å². The molecule has 0 aromatic heterocycles. The number of rotatable bonds is 7. The van der Waals surface area contributed by atoms with E-state index in [1.807, 2.05) is 16.9 Å². The van der Waals surface area contributed by atoms with Gasteiger partial charge in [-0.25, -0.2) is 22.5 Å². The normalized spacial score (nSPS) is 11.5. The van der Waals surface area contributed by atoms with Crippen LogP contribution in [0.25, 0.3) is 0 Å². The first-order valence-electron chi connectivity index (χ1n) is 9.56. The topological polar surface area (TPSA) is 111 Å². The molecule has 168 valence electrons. The van der Waals surface area contributed by atoms with Crippen molar-refractivity contribution in [2.75, 3.05) is 11.6 Å². The fourth-order valence-electron chi connectivity index (χ4n) is 2.83. The van der Waals surface area contributed by atoms with E-state index in [2.05, 4.69) is 5.32 Å². The summed E-state index contributed by atoms with van der Waals surface area (Å²) in [5.74, 6) is 0.694. The lowest BCUT2D eigenvalue weighted by Gasteiger charge is -2.24. The SMILES string of the molecule is Cc1ccccc1OP(=O)(Oc1ccccc1C)c1ccccc1NC(=O)NS(C)(=O)=O. The Bertz CT molecular complexity index is 1240. The van der Waals surface area contributed by atoms with Crippen LogP contribution < -0.4 is 24.4 Å². The summed E-state index contributed by atoms with van der Waals surface area (Å²) >= 11 is 0. The molecule has 0 bridgehead atoms. The fourth-order valence-corrected chi connectivity index (χ4v) is 5.07. The van der Waals surface area contributed by atoms with Crippen molar-refractivity contribution >= 4 is 34.6 Å². The number of carbonyl (C=O) groups is 1. The number of hydrogen-bond donors (Lipinski definition) is 2. The van der Waals surface area contributed by atoms with Crippen molar-refractivity contribution in [2.45, 2.75) is 13.8 Å². The Morgan fingerprint density at radius 1 is 0.812 bits per heavy atom. The molecule has 0 saturated carbocycles. The van der Waals surface area contributed by atoms with E-state index in [1.165, 1.54) is 12.1 Å². The van der Waals surface area contributed by atoms with Gasteiger partial charge in [-0.15, -0.1) is 0 Å². The molecule has 2 N–H and O–H groups in total. The van der Waals surface area contributed by atoms with Gasteiger partial charge in [-0.2, -0.15) is 0 Å². The number of carbonyl (C=O) groups excluding carboxylic acids is 1. The third-order valence-corrected chi connectivity index (χ3v) is 6.76. The standard InChI is InChI=1S/C22H23N2O6PS/c1-16-10-4-7-13-19(16)29-31(26,30-20-14-8-5-11-17(20)2)21-15-9-6-12-18(21)23-22(25)24-32(3,27)28/h4-15H,1-3H3,(H2,23,24,25). The minimum atomic E-state index is -4.11. The van der Waals surface area contributed by atoms with Crippen LogP contribution in [-0.4, -0.2) is 20.7 Å². The van der Waals surface area contributed by atoms with Gasteiger partial charge in [-0.05, 0) is 49.2 Å². The van der Waals surface area contributed by atoms with E-state index >= 15 is 0 Å². The van der Waals surface area contributed by atoms with E-state index < -0.39 is 23.7 Å². The smallest absolute Gasteiger partial charge is 0.412 e. The third kappa shape index (κ3) is 5.90. The number of para-hydroxylation sites is 3. The number of benzene rings is 3. The highest BCUT2D eigenvalue weighted by atomic mass is 32.2. The maximum Gasteiger partial charge on any atom is 0.464 e. The third-order valence-electron chi connectivity index (χ3n) is 4.35. The number of urea groups is 1. The van der Waals surface area contributed by atoms with Crippen LogP contribution in [0, 0.1) is 13.8 Å². The highest BCUT2D eigenvalue weighted by Crippen LogP contribution is 2.50. The highest BCUT2D eigenvalue weighted by molar-refractivity contribution is 7.89. The zero-order valence-electron chi connectivity index (χ0n) is 17.7. The molecule has 8 nitrogen and oxygen atoms in total. The predicted octanol–water partition coefficient (Wildman–Crippen LogP) is 4.36. The number of amides is 2. The summed E-state index contributed by atoms with van der Waals surface area (Å²) in [6.07, 6.45) is 0.853. The van der Waals surface area contributed by atoms with Crippen LogP contribution in [0.5, 0.6) is 11.5 Å². The first kappa shape index (κ1) is 23.4. The molecular weight excluding hydrogens is 451 g/mol. The Labute approximate surface area is 187 Å². The molecule has 0 atom stereocenters. The van der Waals surface area contributed by atoms with Crippen molar-refractivity contribution in [3.05, 3.63) is 83.9 Å². The number of hydrogen-bond acceptors (Lipinski definition) is 6. The summed E-state index contributed by atoms with van der Waals surface area (Å²) in [7, 11) is -7.90. The summed E-state index contributed by atoms with van der Waals surface area (Å²) in [5, 5.41) is 2.48. The van der Waals surface area contributed by atoms with Crippen molar-refractivity contribution in [2.24, 2.45) is 0 Å². The van der Waals surface area contributed by atoms with Gasteiger partial charge in [0, 0.05) is 0 Å². The van der Waals surface area contributed by atoms with Crippen molar-refractivity contribution < 1.29 is 26.8 Å². The molecule has 0 spiro atoms. The van der Waals surface area contributed by atoms with Crippen LogP contribution in [0.15, 0.2) is 72.8 Å². The van der Waals surface area contributed by atoms with Gasteiger partial charge in [0.2, 0.25) is 10.0 Å². The molecule has 0 unspecified atom stereocenters. The quantitative estimate of drug-likeness (QED) is 0.492. The molecule has 3 rings (SSSR count). The van der Waals surface area contributed by atoms with Crippen molar-refractivity contribution in [1.82, 2.24) is 4.72 Å². The average molecular weight is 474 g/mol. The zero-order valence-corrected chi connectivity index (χ0v) is 19.4. The Balaban J connectivity index is 2.08. The van der Waals surface area contributed by atoms with Crippen molar-refractivity contribution in [3.8, 4) is 11.5 Å². The number of anilines is 1. The molecule has 3 aromatic rings. The Hall–Kier alpha value is -3.29. The van der Waals surface area contributed by atoms with Crippen LogP contribution in [0.4, 0.5) is 10.5 Å². The second kappa shape index (κ2) is 9.46. The lowest BCUT2D eigenvalue weighted by molar-refractivity contribution is 0.256. The minimum Gasteiger partial charge on any atom is -0.412 e. The summed E-state index contributed by atoms with van der Waals surface area (Å²) in [5.41, 5.74) is 1.56. The Morgan fingerprint density at radius 2 is 1.28 bits per heavy atom. The van der Waals surface area contributed by atoms with Gasteiger partial charge >= 0.3 is 13.6 Å². The maximum absolute atomic E-state index is 14.2. The van der Waals surface area contributed by atoms with Crippen LogP contribution in [0.3, 0.4) is 0 Å². The van der Waals surface area contributed by atoms with Crippen LogP contribution in [0.2, 0.25) is 0 Å². The van der Waals surface area contributed by atoms with Gasteiger partial charge in [0.1, 0.15) is 16.8 Å². The molecule has 0 aliphatic heterocycles. The van der Waals surface area contributed by atoms with E-state index in [-0.39, 0.29) is 11.0 Å². The van der Waals surface area contributed by atoms with E-state index in [1.54, 1.807) is 62.4 Å². The average Bonchev–Trinajstić information content (AvgIpc) is 2.70. The lowest BCUT2D eigenvalue weighted by Crippen LogP contribution is -2.35. The van der Waals surface area contributed by atoms with Gasteiger partial charge in [-0.1, -0.05) is 48.5 Å². The molecule has 32 heavy (non-hydrogen) atoms. The largest absolute Gasteiger partial charge is 0.464 e. The molecule has 0 aliphatic rings. The second-order valence-electron chi connectivity index (χ2n) is 7.06. The van der Waals surface area contributed by atoms with Gasteiger partial charge in [0.05, 0.1) is 11.9 Å². The van der Waals surface area contributed by atoms with Gasteiger partial charge in [0.25, 0.3) is 0 Å². The predicted molar refractivity (Wildman–Crippen MR) is 124 cm³/mol. The van der Waals surface area contributed by atoms with E-state index in [0.717, 1.165) is 17.4 Å². The van der Waals surface area contributed by atoms with Crippen LogP contribution in [-0.2, 0) is 14.6 Å². The van der Waals surface area contributed by atoms with E-state index in [4.69, 9.17) is 9.05 Å². The molecule has 0 aliphatic carbocycles. The zero-order chi connectivity index (χ0) is 23.4. The molecule has 0 radical (unpaired) electrons. The van der Waals surface area contributed by atoms with Gasteiger partial charge in [-0.3, -0.25) is 0 Å². The number of aryl methyl sites for hydroxylation is 2. The summed E-state index contributed by atoms with van der Waals surface area (Å²) in [4.78, 5) is 12.2. The second-order valence-corrected chi connectivity index (χ2v) is 10.6. The maximum atomic E-state index is 14.2. The first-order chi connectivity index (χ1) is 15.1. The lowest BCUT2D eigenvalue weighted by atomic mass is 10.2. The first-order valence-corrected chi connectivity index (χ1v) is 13.0. The summed E-state index contributed by atoms with van der Waals surface area (Å²) < 4.78 is 50.7. The monoisotopic (exact) mass is 474 g/mol. The molecule has 0 heterocycles. The molecule has 3 aromatic carbocycles. The summed E-state index contributed by atoms with van der Waals surface area (Å²) in [6, 6.07) is 19.2. The minimum absolute atomic E-state index is 0.0650. The molecular formula is C22H23N2O6PS. The Kier molecular flexibility index (Phi) is 6.91. The molecule has 0 fully saturated rings. The van der Waals surface area contributed by atoms with Crippen molar-refractivity contribution in [3.63, 3.8) is 0 Å². The van der Waals surface area contributed by atoms with E-state index in [9.17, 15) is 17.8 Å². The Morgan fingerprint density at radius 3 is 1.78 bits per heavy atom. The number of sulfonamides is 1. The van der Waals surface area contributed by atoms with Crippen molar-refractivity contribution in [1.29, 1.82) is 0 Å². The molecule has 0 saturated heterocycles. The van der Waals surface area contributed by atoms with E-state index in [0.29, 0.717) is 11.5 Å². The number of nitrogens with one attached hydrogen (secondary N) is 2. The molecule has 2 amide bonds. The molecule has 10 heteroatoms. The summed E-state index contributed by atoms with van der Waals surface area (Å²) in [6.45, 7) is 3.61. The van der Waals surface area contributed by atoms with Crippen LogP contribution >= 0.6 is 7.60 Å². The highest BCUT2D eigenvalue weighted by Gasteiger charge is 2.35.